The standard InChI is InChI=1S/C31H32N8O4S3/c32-28(43)27(23-17-46-31(34)38-23)29-36-21(15-44-29)12-25(41)35-20-8-6-18(7-9-20)10-11-39(14-24(40)19-4-2-1-3-5-19)26(42)13-22-16-45-30(33)37-22/h1-9,15-17,24,27,40H,10-14H2,(H2,32,43)(H2,33,37)(H2,34,38)(H,35,41)/t24-,27+/m0/s1. The molecule has 238 valence electrons. The Morgan fingerprint density at radius 1 is 0.848 bits per heavy atom. The minimum absolute atomic E-state index is 0.00832. The van der Waals surface area contributed by atoms with Crippen LogP contribution in [0, 0.1) is 0 Å². The zero-order chi connectivity index (χ0) is 32.6. The van der Waals surface area contributed by atoms with Crippen LogP contribution < -0.4 is 22.5 Å². The quantitative estimate of drug-likeness (QED) is 0.117. The van der Waals surface area contributed by atoms with E-state index < -0.39 is 17.9 Å². The number of carbonyl (C=O) groups is 3. The maximum absolute atomic E-state index is 13.2. The van der Waals surface area contributed by atoms with Crippen LogP contribution in [-0.4, -0.2) is 55.8 Å². The number of hydrogen-bond donors (Lipinski definition) is 5. The van der Waals surface area contributed by atoms with Gasteiger partial charge in [-0.1, -0.05) is 42.5 Å². The minimum atomic E-state index is -0.843. The highest BCUT2D eigenvalue weighted by Crippen LogP contribution is 2.29. The first-order valence-electron chi connectivity index (χ1n) is 14.2. The Morgan fingerprint density at radius 2 is 1.52 bits per heavy atom. The van der Waals surface area contributed by atoms with E-state index in [4.69, 9.17) is 17.2 Å². The SMILES string of the molecule is NC(=O)[C@@H](c1csc(N)n1)c1nc(CC(=O)Nc2ccc(CCN(C[C@H](O)c3ccccc3)C(=O)Cc3csc(N)n3)cc2)cs1. The lowest BCUT2D eigenvalue weighted by atomic mass is 10.1. The van der Waals surface area contributed by atoms with Crippen LogP contribution in [0.5, 0.6) is 0 Å². The molecular formula is C31H32N8O4S3. The van der Waals surface area contributed by atoms with Gasteiger partial charge in [-0.25, -0.2) is 15.0 Å². The van der Waals surface area contributed by atoms with Gasteiger partial charge in [0.1, 0.15) is 10.9 Å². The Kier molecular flexibility index (Phi) is 10.7. The number of primary amides is 1. The van der Waals surface area contributed by atoms with E-state index in [1.165, 1.54) is 34.0 Å². The number of nitrogens with one attached hydrogen (secondary N) is 1. The topological polar surface area (TPSA) is 203 Å². The number of hydrogen-bond acceptors (Lipinski definition) is 12. The van der Waals surface area contributed by atoms with Crippen molar-refractivity contribution in [1.82, 2.24) is 19.9 Å². The van der Waals surface area contributed by atoms with Crippen LogP contribution in [0.25, 0.3) is 0 Å². The predicted molar refractivity (Wildman–Crippen MR) is 180 cm³/mol. The monoisotopic (exact) mass is 676 g/mol. The molecular weight excluding hydrogens is 645 g/mol. The largest absolute Gasteiger partial charge is 0.387 e. The Hall–Kier alpha value is -4.70. The number of aliphatic hydroxyl groups excluding tert-OH is 1. The van der Waals surface area contributed by atoms with E-state index in [9.17, 15) is 19.5 Å². The number of amides is 3. The molecule has 2 aromatic carbocycles. The fourth-order valence-electron chi connectivity index (χ4n) is 4.73. The number of nitrogens with two attached hydrogens (primary N) is 3. The van der Waals surface area contributed by atoms with E-state index in [0.29, 0.717) is 51.0 Å². The Bertz CT molecular complexity index is 1790. The molecule has 0 saturated heterocycles. The van der Waals surface area contributed by atoms with Crippen LogP contribution in [0.3, 0.4) is 0 Å². The van der Waals surface area contributed by atoms with Gasteiger partial charge < -0.3 is 32.5 Å². The molecule has 15 heteroatoms. The lowest BCUT2D eigenvalue weighted by Gasteiger charge is -2.25. The van der Waals surface area contributed by atoms with Crippen LogP contribution in [0.1, 0.15) is 45.2 Å². The zero-order valence-corrected chi connectivity index (χ0v) is 27.0. The molecule has 0 bridgehead atoms. The number of aliphatic hydroxyl groups is 1. The van der Waals surface area contributed by atoms with Gasteiger partial charge in [-0.15, -0.1) is 34.0 Å². The summed E-state index contributed by atoms with van der Waals surface area (Å²) in [5, 5.41) is 20.0. The van der Waals surface area contributed by atoms with Crippen LogP contribution in [0.2, 0.25) is 0 Å². The molecule has 5 aromatic rings. The van der Waals surface area contributed by atoms with Gasteiger partial charge in [-0.05, 0) is 29.7 Å². The van der Waals surface area contributed by atoms with E-state index in [1.807, 2.05) is 42.5 Å². The highest BCUT2D eigenvalue weighted by Gasteiger charge is 2.26. The average Bonchev–Trinajstić information content (AvgIpc) is 3.78. The summed E-state index contributed by atoms with van der Waals surface area (Å²) in [5.41, 5.74) is 20.9. The molecule has 0 aliphatic carbocycles. The van der Waals surface area contributed by atoms with Crippen molar-refractivity contribution in [3.05, 3.63) is 104 Å². The molecule has 3 heterocycles. The summed E-state index contributed by atoms with van der Waals surface area (Å²) < 4.78 is 0. The van der Waals surface area contributed by atoms with Gasteiger partial charge in [-0.2, -0.15) is 0 Å². The number of rotatable bonds is 14. The summed E-state index contributed by atoms with van der Waals surface area (Å²) in [6, 6.07) is 16.6. The third-order valence-electron chi connectivity index (χ3n) is 7.02. The first kappa shape index (κ1) is 32.7. The van der Waals surface area contributed by atoms with Crippen molar-refractivity contribution in [3.8, 4) is 0 Å². The second-order valence-electron chi connectivity index (χ2n) is 10.4. The van der Waals surface area contributed by atoms with Crippen molar-refractivity contribution >= 4 is 67.7 Å². The number of nitrogen functional groups attached to an aromatic ring is 2. The van der Waals surface area contributed by atoms with Gasteiger partial charge >= 0.3 is 0 Å². The summed E-state index contributed by atoms with van der Waals surface area (Å²) in [5.74, 6) is -1.86. The summed E-state index contributed by atoms with van der Waals surface area (Å²) >= 11 is 3.72. The van der Waals surface area contributed by atoms with Crippen molar-refractivity contribution in [1.29, 1.82) is 0 Å². The smallest absolute Gasteiger partial charge is 0.233 e. The summed E-state index contributed by atoms with van der Waals surface area (Å²) in [4.78, 5) is 52.6. The van der Waals surface area contributed by atoms with E-state index in [1.54, 1.807) is 33.2 Å². The first-order chi connectivity index (χ1) is 22.1. The predicted octanol–water partition coefficient (Wildman–Crippen LogP) is 3.37. The maximum Gasteiger partial charge on any atom is 0.233 e. The molecule has 3 amide bonds. The number of carbonyl (C=O) groups excluding carboxylic acids is 3. The van der Waals surface area contributed by atoms with E-state index >= 15 is 0 Å². The molecule has 0 aliphatic rings. The van der Waals surface area contributed by atoms with Crippen LogP contribution in [0.15, 0.2) is 70.7 Å². The molecule has 5 rings (SSSR count). The summed E-state index contributed by atoms with van der Waals surface area (Å²) in [6.07, 6.45) is -0.212. The Labute approximate surface area is 276 Å². The molecule has 0 radical (unpaired) electrons. The number of aromatic nitrogens is 3. The first-order valence-corrected chi connectivity index (χ1v) is 16.8. The van der Waals surface area contributed by atoms with E-state index in [2.05, 4.69) is 20.3 Å². The van der Waals surface area contributed by atoms with E-state index in [0.717, 1.165) is 11.1 Å². The summed E-state index contributed by atoms with van der Waals surface area (Å²) in [7, 11) is 0. The van der Waals surface area contributed by atoms with Crippen molar-refractivity contribution in [2.24, 2.45) is 5.73 Å². The summed E-state index contributed by atoms with van der Waals surface area (Å²) in [6.45, 7) is 0.507. The molecule has 8 N–H and O–H groups in total. The Morgan fingerprint density at radius 3 is 2.17 bits per heavy atom. The van der Waals surface area contributed by atoms with Gasteiger partial charge in [0, 0.05) is 28.4 Å². The highest BCUT2D eigenvalue weighted by atomic mass is 32.1. The van der Waals surface area contributed by atoms with Gasteiger partial charge in [0.05, 0.1) is 42.6 Å². The van der Waals surface area contributed by atoms with Crippen LogP contribution in [-0.2, 0) is 33.6 Å². The maximum atomic E-state index is 13.2. The highest BCUT2D eigenvalue weighted by molar-refractivity contribution is 7.13. The molecule has 46 heavy (non-hydrogen) atoms. The number of nitrogens with zero attached hydrogens (tertiary/aromatic N) is 4. The number of thiazole rings is 3. The van der Waals surface area contributed by atoms with Crippen molar-refractivity contribution < 1.29 is 19.5 Å². The second-order valence-corrected chi connectivity index (χ2v) is 13.1. The molecule has 0 unspecified atom stereocenters. The third kappa shape index (κ3) is 8.72. The molecule has 0 spiro atoms. The van der Waals surface area contributed by atoms with Crippen molar-refractivity contribution in [2.75, 3.05) is 29.9 Å². The third-order valence-corrected chi connectivity index (χ3v) is 9.39. The molecule has 0 aliphatic heterocycles. The minimum Gasteiger partial charge on any atom is -0.387 e. The average molecular weight is 677 g/mol. The fraction of sp³-hybridized carbons (Fsp3) is 0.226. The normalized spacial score (nSPS) is 12.4. The fourth-order valence-corrected chi connectivity index (χ4v) is 6.82. The molecule has 12 nitrogen and oxygen atoms in total. The van der Waals surface area contributed by atoms with Gasteiger partial charge in [0.25, 0.3) is 0 Å². The Balaban J connectivity index is 1.17. The number of benzene rings is 2. The lowest BCUT2D eigenvalue weighted by Crippen LogP contribution is -2.37. The van der Waals surface area contributed by atoms with Crippen molar-refractivity contribution in [3.63, 3.8) is 0 Å². The van der Waals surface area contributed by atoms with Gasteiger partial charge in [-0.3, -0.25) is 14.4 Å². The molecule has 0 saturated carbocycles. The van der Waals surface area contributed by atoms with Crippen LogP contribution in [0.4, 0.5) is 16.0 Å². The molecule has 3 aromatic heterocycles. The molecule has 0 fully saturated rings. The lowest BCUT2D eigenvalue weighted by molar-refractivity contribution is -0.132. The number of anilines is 3. The zero-order valence-electron chi connectivity index (χ0n) is 24.5. The second kappa shape index (κ2) is 15.1. The van der Waals surface area contributed by atoms with Gasteiger partial charge in [0.2, 0.25) is 17.7 Å². The van der Waals surface area contributed by atoms with Gasteiger partial charge in [0.15, 0.2) is 10.3 Å². The molecule has 2 atom stereocenters. The van der Waals surface area contributed by atoms with Crippen molar-refractivity contribution in [2.45, 2.75) is 31.3 Å². The van der Waals surface area contributed by atoms with Crippen LogP contribution >= 0.6 is 34.0 Å². The van der Waals surface area contributed by atoms with E-state index in [-0.39, 0.29) is 31.2 Å².